The fourth-order valence-electron chi connectivity index (χ4n) is 4.78. The molecule has 1 aliphatic heterocycles. The number of ether oxygens (including phenoxy) is 1. The Morgan fingerprint density at radius 3 is 2.43 bits per heavy atom. The lowest BCUT2D eigenvalue weighted by molar-refractivity contribution is -0.138. The third-order valence-corrected chi connectivity index (χ3v) is 7.21. The summed E-state index contributed by atoms with van der Waals surface area (Å²) in [6.45, 7) is 11.4. The second-order valence-electron chi connectivity index (χ2n) is 11.9. The zero-order chi connectivity index (χ0) is 31.0. The zero-order valence-corrected chi connectivity index (χ0v) is 24.4. The molecule has 1 aromatic carbocycles. The molecule has 230 valence electrons. The number of nitrogens with one attached hydrogen (secondary N) is 2. The highest BCUT2D eigenvalue weighted by molar-refractivity contribution is 6.07. The number of nitrogens with zero attached hydrogens (tertiary/aromatic N) is 3. The third-order valence-electron chi connectivity index (χ3n) is 7.21. The molecule has 0 bridgehead atoms. The first-order valence-electron chi connectivity index (χ1n) is 13.5. The minimum Gasteiger partial charge on any atom is -0.477 e. The van der Waals surface area contributed by atoms with Crippen LogP contribution in [-0.2, 0) is 6.18 Å². The molecule has 1 fully saturated rings. The number of alkyl halides is 3. The molecule has 12 heteroatoms. The number of hydrogen-bond donors (Lipinski definition) is 2. The van der Waals surface area contributed by atoms with Gasteiger partial charge in [0, 0.05) is 58.1 Å². The molecule has 2 aromatic heterocycles. The van der Waals surface area contributed by atoms with Crippen molar-refractivity contribution in [3.05, 3.63) is 70.0 Å². The maximum absolute atomic E-state index is 15.8. The van der Waals surface area contributed by atoms with E-state index in [2.05, 4.69) is 20.2 Å². The number of anilines is 2. The molecule has 0 unspecified atom stereocenters. The number of amides is 1. The molecule has 0 aliphatic carbocycles. The molecule has 1 amide bonds. The van der Waals surface area contributed by atoms with Gasteiger partial charge < -0.3 is 19.9 Å². The average Bonchev–Trinajstić information content (AvgIpc) is 2.90. The summed E-state index contributed by atoms with van der Waals surface area (Å²) in [6, 6.07) is 6.33. The van der Waals surface area contributed by atoms with Crippen molar-refractivity contribution < 1.29 is 29.9 Å². The highest BCUT2D eigenvalue weighted by atomic mass is 19.4. The minimum absolute atomic E-state index is 0. The molecular weight excluding hydrogens is 554 g/mol. The van der Waals surface area contributed by atoms with E-state index in [-0.39, 0.29) is 37.5 Å². The van der Waals surface area contributed by atoms with Gasteiger partial charge in [0.2, 0.25) is 11.4 Å². The molecule has 3 heterocycles. The van der Waals surface area contributed by atoms with Crippen LogP contribution < -0.4 is 20.5 Å². The van der Waals surface area contributed by atoms with Gasteiger partial charge in [-0.15, -0.1) is 0 Å². The van der Waals surface area contributed by atoms with Gasteiger partial charge in [0.25, 0.3) is 5.91 Å². The monoisotopic (exact) mass is 593 g/mol. The van der Waals surface area contributed by atoms with Crippen molar-refractivity contribution in [2.45, 2.75) is 52.9 Å². The molecule has 2 N–H and O–H groups in total. The number of benzene rings is 1. The number of piperazine rings is 1. The molecule has 4 rings (SSSR count). The molecule has 8 nitrogen and oxygen atoms in total. The zero-order valence-electron chi connectivity index (χ0n) is 24.4. The molecule has 3 aromatic rings. The molecule has 0 spiro atoms. The van der Waals surface area contributed by atoms with Gasteiger partial charge in [-0.3, -0.25) is 14.5 Å². The van der Waals surface area contributed by atoms with Gasteiger partial charge in [-0.05, 0) is 50.1 Å². The first kappa shape index (κ1) is 31.0. The molecule has 0 saturated carbocycles. The average molecular weight is 594 g/mol. The number of carbonyl (C=O) groups is 1. The standard InChI is InChI=1S/C30H35F4N5O3.2H2/c1-17-14-39(15-18(2)38(17)6)25-12-23(31)20(19-7-8-35-27(9-19)42-16-29(3,4)5)10-24(25)37-28(41)21-13-36-26(40)11-22(21)30(32,33)34;;/h7-13,17-18H,14-16H2,1-6H3,(H,36,40)(H,37,41);2*1H/t17-,18+;;. The predicted octanol–water partition coefficient (Wildman–Crippen LogP) is 6.29. The van der Waals surface area contributed by atoms with Crippen LogP contribution in [0.1, 0.15) is 53.4 Å². The Balaban J connectivity index is 0.00000337. The highest BCUT2D eigenvalue weighted by Gasteiger charge is 2.36. The number of halogens is 4. The smallest absolute Gasteiger partial charge is 0.417 e. The van der Waals surface area contributed by atoms with Crippen LogP contribution in [0.2, 0.25) is 0 Å². The van der Waals surface area contributed by atoms with Crippen LogP contribution in [-0.4, -0.2) is 59.6 Å². The summed E-state index contributed by atoms with van der Waals surface area (Å²) in [6.07, 6.45) is -2.74. The van der Waals surface area contributed by atoms with Gasteiger partial charge in [-0.2, -0.15) is 13.2 Å². The van der Waals surface area contributed by atoms with E-state index < -0.39 is 34.6 Å². The lowest BCUT2D eigenvalue weighted by Gasteiger charge is -2.44. The van der Waals surface area contributed by atoms with Crippen molar-refractivity contribution in [2.75, 3.05) is 37.0 Å². The number of aromatic nitrogens is 2. The number of hydrogen-bond acceptors (Lipinski definition) is 6. The van der Waals surface area contributed by atoms with Crippen LogP contribution in [0.4, 0.5) is 28.9 Å². The van der Waals surface area contributed by atoms with Crippen molar-refractivity contribution in [2.24, 2.45) is 5.41 Å². The Morgan fingerprint density at radius 2 is 1.81 bits per heavy atom. The normalized spacial score (nSPS) is 18.2. The summed E-state index contributed by atoms with van der Waals surface area (Å²) in [5.74, 6) is -1.41. The Labute approximate surface area is 244 Å². The van der Waals surface area contributed by atoms with Crippen molar-refractivity contribution in [3.63, 3.8) is 0 Å². The van der Waals surface area contributed by atoms with Crippen LogP contribution in [0.15, 0.2) is 47.5 Å². The van der Waals surface area contributed by atoms with E-state index in [0.29, 0.717) is 37.0 Å². The number of rotatable bonds is 6. The lowest BCUT2D eigenvalue weighted by Crippen LogP contribution is -2.55. The van der Waals surface area contributed by atoms with Gasteiger partial charge >= 0.3 is 6.18 Å². The maximum Gasteiger partial charge on any atom is 0.417 e. The third kappa shape index (κ3) is 7.10. The van der Waals surface area contributed by atoms with Gasteiger partial charge in [-0.25, -0.2) is 9.37 Å². The van der Waals surface area contributed by atoms with Crippen LogP contribution in [0.25, 0.3) is 11.1 Å². The number of pyridine rings is 2. The van der Waals surface area contributed by atoms with E-state index in [4.69, 9.17) is 4.74 Å². The molecule has 0 radical (unpaired) electrons. The topological polar surface area (TPSA) is 90.6 Å². The quantitative estimate of drug-likeness (QED) is 0.327. The van der Waals surface area contributed by atoms with Crippen LogP contribution in [0, 0.1) is 11.2 Å². The minimum atomic E-state index is -4.94. The van der Waals surface area contributed by atoms with Crippen molar-refractivity contribution in [1.29, 1.82) is 0 Å². The van der Waals surface area contributed by atoms with Gasteiger partial charge in [0.05, 0.1) is 29.1 Å². The maximum atomic E-state index is 15.8. The Hall–Kier alpha value is -3.93. The van der Waals surface area contributed by atoms with Crippen molar-refractivity contribution in [3.8, 4) is 17.0 Å². The summed E-state index contributed by atoms with van der Waals surface area (Å²) in [7, 11) is 1.98. The summed E-state index contributed by atoms with van der Waals surface area (Å²) in [4.78, 5) is 35.3. The van der Waals surface area contributed by atoms with Crippen LogP contribution >= 0.6 is 0 Å². The summed E-state index contributed by atoms with van der Waals surface area (Å²) in [5, 5.41) is 2.56. The van der Waals surface area contributed by atoms with E-state index >= 15 is 4.39 Å². The van der Waals surface area contributed by atoms with E-state index in [1.807, 2.05) is 46.6 Å². The molecule has 2 atom stereocenters. The van der Waals surface area contributed by atoms with Gasteiger partial charge in [0.15, 0.2) is 0 Å². The second kappa shape index (κ2) is 11.7. The Morgan fingerprint density at radius 1 is 1.14 bits per heavy atom. The van der Waals surface area contributed by atoms with E-state index in [1.165, 1.54) is 18.3 Å². The second-order valence-corrected chi connectivity index (χ2v) is 11.9. The van der Waals surface area contributed by atoms with Crippen molar-refractivity contribution in [1.82, 2.24) is 14.9 Å². The Bertz CT molecular complexity index is 1520. The molecule has 42 heavy (non-hydrogen) atoms. The van der Waals surface area contributed by atoms with Gasteiger partial charge in [0.1, 0.15) is 5.82 Å². The largest absolute Gasteiger partial charge is 0.477 e. The fourth-order valence-corrected chi connectivity index (χ4v) is 4.78. The van der Waals surface area contributed by atoms with E-state index in [9.17, 15) is 22.8 Å². The van der Waals surface area contributed by atoms with E-state index in [0.717, 1.165) is 6.20 Å². The first-order chi connectivity index (χ1) is 19.5. The van der Waals surface area contributed by atoms with Crippen LogP contribution in [0.3, 0.4) is 0 Å². The number of aromatic amines is 1. The number of carbonyl (C=O) groups excluding carboxylic acids is 1. The number of H-pyrrole nitrogens is 1. The summed E-state index contributed by atoms with van der Waals surface area (Å²) in [5.41, 5.74) is -2.31. The lowest BCUT2D eigenvalue weighted by atomic mass is 9.99. The van der Waals surface area contributed by atoms with Crippen LogP contribution in [0.5, 0.6) is 5.88 Å². The molecule has 1 aliphatic rings. The Kier molecular flexibility index (Phi) is 8.68. The predicted molar refractivity (Wildman–Crippen MR) is 158 cm³/mol. The molecule has 1 saturated heterocycles. The summed E-state index contributed by atoms with van der Waals surface area (Å²) < 4.78 is 62.7. The van der Waals surface area contributed by atoms with Crippen molar-refractivity contribution >= 4 is 17.3 Å². The fraction of sp³-hybridized carbons (Fsp3) is 0.433. The van der Waals surface area contributed by atoms with E-state index in [1.54, 1.807) is 12.1 Å². The highest BCUT2D eigenvalue weighted by Crippen LogP contribution is 2.38. The SMILES string of the molecule is C[C@@H]1CN(c2cc(F)c(-c3ccnc(OCC(C)(C)C)c3)cc2NC(=O)c2c[nH]c(=O)cc2C(F)(F)F)C[C@H](C)N1C.[HH].[HH]. The molecular formula is C30H39F4N5O3. The number of likely N-dealkylation sites (N-methyl/N-ethyl adjacent to an activating group) is 1. The van der Waals surface area contributed by atoms with Gasteiger partial charge in [-0.1, -0.05) is 20.8 Å². The summed E-state index contributed by atoms with van der Waals surface area (Å²) >= 11 is 0. The first-order valence-corrected chi connectivity index (χ1v) is 13.5.